The van der Waals surface area contributed by atoms with E-state index in [0.29, 0.717) is 12.1 Å². The normalized spacial score (nSPS) is 14.5. The Hall–Kier alpha value is -1.72. The SMILES string of the molecule is C[C@@H](NCc1nc2ccccc2s1)[C@H](C)n1cccn1. The number of hydrogen-bond acceptors (Lipinski definition) is 4. The number of para-hydroxylation sites is 1. The molecule has 0 aliphatic heterocycles. The summed E-state index contributed by atoms with van der Waals surface area (Å²) in [6, 6.07) is 10.9. The molecule has 2 heterocycles. The maximum Gasteiger partial charge on any atom is 0.108 e. The highest BCUT2D eigenvalue weighted by Crippen LogP contribution is 2.21. The molecule has 0 saturated carbocycles. The molecular weight excluding hydrogens is 268 g/mol. The quantitative estimate of drug-likeness (QED) is 0.783. The standard InChI is InChI=1S/C15H18N4S/c1-11(12(2)19-9-5-8-17-19)16-10-15-18-13-6-3-4-7-14(13)20-15/h3-9,11-12,16H,10H2,1-2H3/t11-,12+/m1/s1. The van der Waals surface area contributed by atoms with Crippen molar-refractivity contribution in [3.8, 4) is 0 Å². The van der Waals surface area contributed by atoms with Gasteiger partial charge in [-0.15, -0.1) is 11.3 Å². The predicted octanol–water partition coefficient (Wildman–Crippen LogP) is 3.23. The second-order valence-corrected chi connectivity index (χ2v) is 6.09. The minimum atomic E-state index is 0.319. The van der Waals surface area contributed by atoms with E-state index in [0.717, 1.165) is 17.1 Å². The first-order valence-electron chi connectivity index (χ1n) is 6.81. The van der Waals surface area contributed by atoms with Crippen LogP contribution in [0.2, 0.25) is 0 Å². The maximum atomic E-state index is 4.64. The number of nitrogens with one attached hydrogen (secondary N) is 1. The lowest BCUT2D eigenvalue weighted by molar-refractivity contribution is 0.365. The molecule has 1 aromatic carbocycles. The van der Waals surface area contributed by atoms with Gasteiger partial charge in [0.15, 0.2) is 0 Å². The zero-order valence-corrected chi connectivity index (χ0v) is 12.5. The number of thiazole rings is 1. The van der Waals surface area contributed by atoms with Gasteiger partial charge in [-0.3, -0.25) is 4.68 Å². The first-order chi connectivity index (χ1) is 9.74. The zero-order chi connectivity index (χ0) is 13.9. The molecular formula is C15H18N4S. The third-order valence-corrected chi connectivity index (χ3v) is 4.62. The molecule has 1 N–H and O–H groups in total. The van der Waals surface area contributed by atoms with Crippen LogP contribution in [0.3, 0.4) is 0 Å². The summed E-state index contributed by atoms with van der Waals surface area (Å²) in [6.07, 6.45) is 3.82. The molecule has 0 amide bonds. The van der Waals surface area contributed by atoms with Gasteiger partial charge in [-0.2, -0.15) is 5.10 Å². The highest BCUT2D eigenvalue weighted by molar-refractivity contribution is 7.18. The van der Waals surface area contributed by atoms with Crippen molar-refractivity contribution in [3.05, 3.63) is 47.7 Å². The average molecular weight is 286 g/mol. The van der Waals surface area contributed by atoms with Gasteiger partial charge in [0.1, 0.15) is 5.01 Å². The molecule has 0 radical (unpaired) electrons. The Labute approximate surface area is 122 Å². The highest BCUT2D eigenvalue weighted by Gasteiger charge is 2.14. The molecule has 2 aromatic heterocycles. The molecule has 3 aromatic rings. The molecule has 2 atom stereocenters. The molecule has 20 heavy (non-hydrogen) atoms. The molecule has 0 aliphatic carbocycles. The third-order valence-electron chi connectivity index (χ3n) is 3.58. The Kier molecular flexibility index (Phi) is 3.80. The Morgan fingerprint density at radius 2 is 2.10 bits per heavy atom. The number of aromatic nitrogens is 3. The van der Waals surface area contributed by atoms with E-state index in [9.17, 15) is 0 Å². The van der Waals surface area contributed by atoms with Crippen molar-refractivity contribution in [2.45, 2.75) is 32.5 Å². The average Bonchev–Trinajstić information content (AvgIpc) is 3.12. The summed E-state index contributed by atoms with van der Waals surface area (Å²) >= 11 is 1.75. The summed E-state index contributed by atoms with van der Waals surface area (Å²) in [5.74, 6) is 0. The van der Waals surface area contributed by atoms with Gasteiger partial charge in [-0.05, 0) is 32.0 Å². The summed E-state index contributed by atoms with van der Waals surface area (Å²) in [5, 5.41) is 8.96. The third kappa shape index (κ3) is 2.73. The summed E-state index contributed by atoms with van der Waals surface area (Å²) in [6.45, 7) is 5.15. The Balaban J connectivity index is 1.64. The number of benzene rings is 1. The summed E-state index contributed by atoms with van der Waals surface area (Å²) < 4.78 is 3.23. The van der Waals surface area contributed by atoms with Gasteiger partial charge in [0.05, 0.1) is 16.3 Å². The summed E-state index contributed by atoms with van der Waals surface area (Å²) in [5.41, 5.74) is 1.09. The number of rotatable bonds is 5. The van der Waals surface area contributed by atoms with Gasteiger partial charge in [0.25, 0.3) is 0 Å². The lowest BCUT2D eigenvalue weighted by Gasteiger charge is -2.21. The zero-order valence-electron chi connectivity index (χ0n) is 11.7. The van der Waals surface area contributed by atoms with E-state index in [1.54, 1.807) is 11.3 Å². The van der Waals surface area contributed by atoms with E-state index >= 15 is 0 Å². The van der Waals surface area contributed by atoms with E-state index in [1.807, 2.05) is 29.2 Å². The highest BCUT2D eigenvalue weighted by atomic mass is 32.1. The molecule has 0 saturated heterocycles. The Morgan fingerprint density at radius 1 is 1.25 bits per heavy atom. The first kappa shape index (κ1) is 13.3. The van der Waals surface area contributed by atoms with Crippen LogP contribution in [0.25, 0.3) is 10.2 Å². The largest absolute Gasteiger partial charge is 0.306 e. The van der Waals surface area contributed by atoms with Crippen LogP contribution in [0.4, 0.5) is 0 Å². The lowest BCUT2D eigenvalue weighted by Crippen LogP contribution is -2.33. The van der Waals surface area contributed by atoms with Crippen LogP contribution in [-0.2, 0) is 6.54 Å². The lowest BCUT2D eigenvalue weighted by atomic mass is 10.2. The second kappa shape index (κ2) is 5.73. The summed E-state index contributed by atoms with van der Waals surface area (Å²) in [4.78, 5) is 4.64. The van der Waals surface area contributed by atoms with E-state index in [2.05, 4.69) is 47.4 Å². The summed E-state index contributed by atoms with van der Waals surface area (Å²) in [7, 11) is 0. The number of nitrogens with zero attached hydrogens (tertiary/aromatic N) is 3. The molecule has 0 spiro atoms. The van der Waals surface area contributed by atoms with Crippen LogP contribution in [0.5, 0.6) is 0 Å². The van der Waals surface area contributed by atoms with Gasteiger partial charge in [0.2, 0.25) is 0 Å². The van der Waals surface area contributed by atoms with E-state index < -0.39 is 0 Å². The van der Waals surface area contributed by atoms with E-state index in [1.165, 1.54) is 4.70 Å². The Bertz CT molecular complexity index is 641. The van der Waals surface area contributed by atoms with Crippen molar-refractivity contribution >= 4 is 21.6 Å². The molecule has 3 rings (SSSR count). The van der Waals surface area contributed by atoms with Crippen LogP contribution in [0.1, 0.15) is 24.9 Å². The van der Waals surface area contributed by atoms with Gasteiger partial charge in [-0.25, -0.2) is 4.98 Å². The number of hydrogen-bond donors (Lipinski definition) is 1. The molecule has 104 valence electrons. The van der Waals surface area contributed by atoms with Gasteiger partial charge in [0, 0.05) is 25.0 Å². The fourth-order valence-electron chi connectivity index (χ4n) is 2.17. The van der Waals surface area contributed by atoms with Gasteiger partial charge in [-0.1, -0.05) is 12.1 Å². The first-order valence-corrected chi connectivity index (χ1v) is 7.62. The minimum absolute atomic E-state index is 0.319. The van der Waals surface area contributed by atoms with Crippen LogP contribution < -0.4 is 5.32 Å². The van der Waals surface area contributed by atoms with Crippen molar-refractivity contribution < 1.29 is 0 Å². The van der Waals surface area contributed by atoms with Crippen molar-refractivity contribution in [2.24, 2.45) is 0 Å². The predicted molar refractivity (Wildman–Crippen MR) is 82.9 cm³/mol. The van der Waals surface area contributed by atoms with Gasteiger partial charge >= 0.3 is 0 Å². The molecule has 4 nitrogen and oxygen atoms in total. The van der Waals surface area contributed by atoms with Crippen molar-refractivity contribution in [3.63, 3.8) is 0 Å². The second-order valence-electron chi connectivity index (χ2n) is 4.97. The minimum Gasteiger partial charge on any atom is -0.306 e. The van der Waals surface area contributed by atoms with Crippen molar-refractivity contribution in [1.82, 2.24) is 20.1 Å². The fourth-order valence-corrected chi connectivity index (χ4v) is 3.08. The molecule has 0 bridgehead atoms. The molecule has 0 aliphatic rings. The van der Waals surface area contributed by atoms with Crippen molar-refractivity contribution in [2.75, 3.05) is 0 Å². The van der Waals surface area contributed by atoms with Crippen LogP contribution >= 0.6 is 11.3 Å². The van der Waals surface area contributed by atoms with Crippen LogP contribution in [0.15, 0.2) is 42.7 Å². The topological polar surface area (TPSA) is 42.7 Å². The van der Waals surface area contributed by atoms with Crippen LogP contribution in [0, 0.1) is 0 Å². The van der Waals surface area contributed by atoms with Gasteiger partial charge < -0.3 is 5.32 Å². The maximum absolute atomic E-state index is 4.64. The molecule has 0 fully saturated rings. The van der Waals surface area contributed by atoms with Crippen molar-refractivity contribution in [1.29, 1.82) is 0 Å². The monoisotopic (exact) mass is 286 g/mol. The smallest absolute Gasteiger partial charge is 0.108 e. The fraction of sp³-hybridized carbons (Fsp3) is 0.333. The number of fused-ring (bicyclic) bond motifs is 1. The Morgan fingerprint density at radius 3 is 2.85 bits per heavy atom. The van der Waals surface area contributed by atoms with E-state index in [4.69, 9.17) is 0 Å². The van der Waals surface area contributed by atoms with Crippen LogP contribution in [-0.4, -0.2) is 20.8 Å². The molecule has 0 unspecified atom stereocenters. The van der Waals surface area contributed by atoms with E-state index in [-0.39, 0.29) is 0 Å². The molecule has 5 heteroatoms.